The monoisotopic (exact) mass is 249 g/mol. The first-order chi connectivity index (χ1) is 8.56. The number of nitrogens with one attached hydrogen (secondary N) is 1. The molecule has 18 heavy (non-hydrogen) atoms. The highest BCUT2D eigenvalue weighted by Gasteiger charge is 2.17. The summed E-state index contributed by atoms with van der Waals surface area (Å²) >= 11 is 0. The van der Waals surface area contributed by atoms with E-state index in [1.807, 2.05) is 6.92 Å². The van der Waals surface area contributed by atoms with Gasteiger partial charge in [-0.15, -0.1) is 0 Å². The maximum atomic E-state index is 5.56. The maximum Gasteiger partial charge on any atom is 0.0622 e. The zero-order chi connectivity index (χ0) is 13.5. The number of aryl methyl sites for hydroxylation is 1. The Kier molecular flexibility index (Phi) is 6.37. The average molecular weight is 249 g/mol. The van der Waals surface area contributed by atoms with E-state index in [-0.39, 0.29) is 0 Å². The van der Waals surface area contributed by atoms with Gasteiger partial charge in [-0.05, 0) is 37.8 Å². The highest BCUT2D eigenvalue weighted by molar-refractivity contribution is 5.28. The lowest BCUT2D eigenvalue weighted by atomic mass is 9.99. The predicted octanol–water partition coefficient (Wildman–Crippen LogP) is 3.71. The first-order valence-corrected chi connectivity index (χ1v) is 6.95. The van der Waals surface area contributed by atoms with E-state index in [0.717, 1.165) is 13.2 Å². The van der Waals surface area contributed by atoms with E-state index in [1.165, 1.54) is 11.1 Å². The molecule has 1 aromatic carbocycles. The summed E-state index contributed by atoms with van der Waals surface area (Å²) in [5, 5.41) is 3.68. The van der Waals surface area contributed by atoms with Crippen molar-refractivity contribution < 1.29 is 4.74 Å². The lowest BCUT2D eigenvalue weighted by Gasteiger charge is -2.27. The van der Waals surface area contributed by atoms with E-state index < -0.39 is 0 Å². The van der Waals surface area contributed by atoms with Crippen molar-refractivity contribution in [2.24, 2.45) is 5.92 Å². The first kappa shape index (κ1) is 15.2. The molecule has 0 bridgehead atoms. The van der Waals surface area contributed by atoms with E-state index in [1.54, 1.807) is 0 Å². The molecule has 2 atom stereocenters. The summed E-state index contributed by atoms with van der Waals surface area (Å²) in [4.78, 5) is 0. The minimum Gasteiger partial charge on any atom is -0.380 e. The van der Waals surface area contributed by atoms with Crippen LogP contribution in [0.2, 0.25) is 0 Å². The van der Waals surface area contributed by atoms with Crippen molar-refractivity contribution in [2.45, 2.75) is 46.7 Å². The minimum atomic E-state index is 0.360. The Labute approximate surface area is 112 Å². The average Bonchev–Trinajstić information content (AvgIpc) is 2.34. The zero-order valence-corrected chi connectivity index (χ0v) is 12.4. The summed E-state index contributed by atoms with van der Waals surface area (Å²) in [5.41, 5.74) is 2.72. The van der Waals surface area contributed by atoms with E-state index in [0.29, 0.717) is 18.0 Å². The topological polar surface area (TPSA) is 21.3 Å². The molecule has 0 aromatic heterocycles. The Morgan fingerprint density at radius 3 is 2.39 bits per heavy atom. The van der Waals surface area contributed by atoms with Gasteiger partial charge in [0.2, 0.25) is 0 Å². The molecule has 0 spiro atoms. The molecule has 1 aromatic rings. The summed E-state index contributed by atoms with van der Waals surface area (Å²) in [7, 11) is 0. The fourth-order valence-electron chi connectivity index (χ4n) is 2.16. The summed E-state index contributed by atoms with van der Waals surface area (Å²) in [6.07, 6.45) is 0. The van der Waals surface area contributed by atoms with E-state index >= 15 is 0 Å². The van der Waals surface area contributed by atoms with Crippen LogP contribution in [-0.4, -0.2) is 19.3 Å². The molecular weight excluding hydrogens is 222 g/mol. The van der Waals surface area contributed by atoms with Crippen molar-refractivity contribution in [3.8, 4) is 0 Å². The molecule has 0 aliphatic carbocycles. The molecule has 1 N–H and O–H groups in total. The van der Waals surface area contributed by atoms with Crippen molar-refractivity contribution in [3.63, 3.8) is 0 Å². The Hall–Kier alpha value is -0.860. The number of hydrogen-bond acceptors (Lipinski definition) is 2. The van der Waals surface area contributed by atoms with Crippen molar-refractivity contribution >= 4 is 0 Å². The zero-order valence-electron chi connectivity index (χ0n) is 12.4. The fourth-order valence-corrected chi connectivity index (χ4v) is 2.16. The number of rotatable bonds is 7. The molecule has 2 heteroatoms. The predicted molar refractivity (Wildman–Crippen MR) is 77.8 cm³/mol. The van der Waals surface area contributed by atoms with Crippen molar-refractivity contribution in [1.29, 1.82) is 0 Å². The second-order valence-electron chi connectivity index (χ2n) is 5.25. The van der Waals surface area contributed by atoms with Gasteiger partial charge in [0.05, 0.1) is 6.61 Å². The normalized spacial score (nSPS) is 14.8. The standard InChI is InChI=1S/C16H27NO/c1-6-18-11-16(12(2)3)17-14(5)15-10-8-7-9-13(15)4/h7-10,12,14,16-17H,6,11H2,1-5H3. The lowest BCUT2D eigenvalue weighted by Crippen LogP contribution is -2.39. The summed E-state index contributed by atoms with van der Waals surface area (Å²) in [6.45, 7) is 12.5. The SMILES string of the molecule is CCOCC(NC(C)c1ccccc1C)C(C)C. The Morgan fingerprint density at radius 2 is 1.83 bits per heavy atom. The van der Waals surface area contributed by atoms with Gasteiger partial charge in [-0.2, -0.15) is 0 Å². The van der Waals surface area contributed by atoms with Crippen molar-refractivity contribution in [3.05, 3.63) is 35.4 Å². The molecule has 2 unspecified atom stereocenters. The fraction of sp³-hybridized carbons (Fsp3) is 0.625. The van der Waals surface area contributed by atoms with Crippen LogP contribution in [0.1, 0.15) is 44.9 Å². The maximum absolute atomic E-state index is 5.56. The van der Waals surface area contributed by atoms with Crippen LogP contribution in [0, 0.1) is 12.8 Å². The van der Waals surface area contributed by atoms with Crippen LogP contribution in [-0.2, 0) is 4.74 Å². The molecule has 102 valence electrons. The molecule has 0 aliphatic heterocycles. The molecule has 0 fully saturated rings. The molecule has 0 radical (unpaired) electrons. The molecule has 1 rings (SSSR count). The van der Waals surface area contributed by atoms with Gasteiger partial charge < -0.3 is 10.1 Å². The second kappa shape index (κ2) is 7.55. The van der Waals surface area contributed by atoms with E-state index in [9.17, 15) is 0 Å². The van der Waals surface area contributed by atoms with Crippen LogP contribution in [0.25, 0.3) is 0 Å². The molecule has 0 amide bonds. The van der Waals surface area contributed by atoms with Gasteiger partial charge in [0.15, 0.2) is 0 Å². The van der Waals surface area contributed by atoms with Gasteiger partial charge in [0.1, 0.15) is 0 Å². The quantitative estimate of drug-likeness (QED) is 0.795. The van der Waals surface area contributed by atoms with Crippen LogP contribution >= 0.6 is 0 Å². The minimum absolute atomic E-state index is 0.360. The van der Waals surface area contributed by atoms with Crippen molar-refractivity contribution in [2.75, 3.05) is 13.2 Å². The highest BCUT2D eigenvalue weighted by atomic mass is 16.5. The first-order valence-electron chi connectivity index (χ1n) is 6.95. The number of hydrogen-bond donors (Lipinski definition) is 1. The molecule has 0 saturated carbocycles. The van der Waals surface area contributed by atoms with Crippen LogP contribution in [0.3, 0.4) is 0 Å². The van der Waals surface area contributed by atoms with Gasteiger partial charge in [-0.3, -0.25) is 0 Å². The van der Waals surface area contributed by atoms with Crippen LogP contribution < -0.4 is 5.32 Å². The van der Waals surface area contributed by atoms with Gasteiger partial charge in [-0.1, -0.05) is 38.1 Å². The summed E-state index contributed by atoms with van der Waals surface area (Å²) < 4.78 is 5.56. The van der Waals surface area contributed by atoms with Crippen LogP contribution in [0.15, 0.2) is 24.3 Å². The van der Waals surface area contributed by atoms with E-state index in [2.05, 4.69) is 57.3 Å². The van der Waals surface area contributed by atoms with Gasteiger partial charge >= 0.3 is 0 Å². The summed E-state index contributed by atoms with van der Waals surface area (Å²) in [6, 6.07) is 9.32. The molecular formula is C16H27NO. The van der Waals surface area contributed by atoms with Crippen molar-refractivity contribution in [1.82, 2.24) is 5.32 Å². The van der Waals surface area contributed by atoms with E-state index in [4.69, 9.17) is 4.74 Å². The lowest BCUT2D eigenvalue weighted by molar-refractivity contribution is 0.104. The Morgan fingerprint density at radius 1 is 1.17 bits per heavy atom. The van der Waals surface area contributed by atoms with Crippen LogP contribution in [0.4, 0.5) is 0 Å². The third-order valence-electron chi connectivity index (χ3n) is 3.43. The number of benzene rings is 1. The molecule has 0 heterocycles. The highest BCUT2D eigenvalue weighted by Crippen LogP contribution is 2.18. The summed E-state index contributed by atoms with van der Waals surface area (Å²) in [5.74, 6) is 0.572. The van der Waals surface area contributed by atoms with Gasteiger partial charge in [0, 0.05) is 18.7 Å². The third kappa shape index (κ3) is 4.43. The molecule has 0 saturated heterocycles. The third-order valence-corrected chi connectivity index (χ3v) is 3.43. The van der Waals surface area contributed by atoms with Gasteiger partial charge in [0.25, 0.3) is 0 Å². The molecule has 2 nitrogen and oxygen atoms in total. The van der Waals surface area contributed by atoms with Gasteiger partial charge in [-0.25, -0.2) is 0 Å². The molecule has 0 aliphatic rings. The second-order valence-corrected chi connectivity index (χ2v) is 5.25. The number of ether oxygens (including phenoxy) is 1. The largest absolute Gasteiger partial charge is 0.380 e. The smallest absolute Gasteiger partial charge is 0.0622 e. The van der Waals surface area contributed by atoms with Crippen LogP contribution in [0.5, 0.6) is 0 Å². The Balaban J connectivity index is 2.66. The Bertz CT molecular complexity index is 349.